The van der Waals surface area contributed by atoms with Crippen molar-refractivity contribution >= 4 is 56.5 Å². The number of thiazole rings is 2. The van der Waals surface area contributed by atoms with Crippen LogP contribution in [0.4, 0.5) is 5.69 Å². The fourth-order valence-electron chi connectivity index (χ4n) is 5.63. The van der Waals surface area contributed by atoms with Gasteiger partial charge in [-0.2, -0.15) is 4.57 Å². The monoisotopic (exact) mass is 725 g/mol. The largest absolute Gasteiger partial charge is 0.726 e. The SMILES string of the molecule is C=CCn1c(=O)/c(=C\C=C2/C=CN(CC)c3ccccc32)s/c1=C\c1sc(-c2ccccc2)c(-c2ccccc2)[n+]1CC.CCOS(=O)(=O)[O-]. The average molecular weight is 726 g/mol. The maximum absolute atomic E-state index is 13.7. The van der Waals surface area contributed by atoms with Crippen molar-refractivity contribution < 1.29 is 21.7 Å². The number of hydrogen-bond acceptors (Lipinski definition) is 8. The second-order valence-electron chi connectivity index (χ2n) is 11.0. The van der Waals surface area contributed by atoms with Crippen LogP contribution in [0.15, 0.2) is 121 Å². The molecule has 0 amide bonds. The predicted molar refractivity (Wildman–Crippen MR) is 205 cm³/mol. The van der Waals surface area contributed by atoms with Gasteiger partial charge in [0.2, 0.25) is 16.1 Å². The zero-order valence-corrected chi connectivity index (χ0v) is 30.6. The minimum Gasteiger partial charge on any atom is -0.726 e. The molecule has 0 saturated carbocycles. The third-order valence-corrected chi connectivity index (χ3v) is 10.6. The van der Waals surface area contributed by atoms with Crippen molar-refractivity contribution in [3.63, 3.8) is 0 Å². The lowest BCUT2D eigenvalue weighted by atomic mass is 9.99. The zero-order valence-electron chi connectivity index (χ0n) is 28.2. The first-order valence-corrected chi connectivity index (χ1v) is 19.2. The number of hydrogen-bond donors (Lipinski definition) is 0. The highest BCUT2D eigenvalue weighted by molar-refractivity contribution is 7.80. The van der Waals surface area contributed by atoms with E-state index in [9.17, 15) is 17.8 Å². The lowest BCUT2D eigenvalue weighted by Crippen LogP contribution is -2.37. The van der Waals surface area contributed by atoms with Crippen molar-refractivity contribution in [3.05, 3.63) is 146 Å². The molecule has 1 aliphatic rings. The third-order valence-electron chi connectivity index (χ3n) is 7.83. The van der Waals surface area contributed by atoms with Gasteiger partial charge in [-0.25, -0.2) is 8.42 Å². The van der Waals surface area contributed by atoms with Crippen LogP contribution in [-0.2, 0) is 27.7 Å². The minimum atomic E-state index is -4.42. The highest BCUT2D eigenvalue weighted by Gasteiger charge is 2.27. The zero-order chi connectivity index (χ0) is 35.7. The molecule has 0 radical (unpaired) electrons. The van der Waals surface area contributed by atoms with Gasteiger partial charge >= 0.3 is 0 Å². The Hall–Kier alpha value is -4.65. The van der Waals surface area contributed by atoms with Crippen LogP contribution in [0.3, 0.4) is 0 Å². The normalized spacial score (nSPS) is 14.1. The van der Waals surface area contributed by atoms with E-state index in [2.05, 4.69) is 143 Å². The predicted octanol–water partition coefficient (Wildman–Crippen LogP) is 6.33. The quantitative estimate of drug-likeness (QED) is 0.0724. The van der Waals surface area contributed by atoms with Crippen LogP contribution in [0, 0.1) is 0 Å². The lowest BCUT2D eigenvalue weighted by molar-refractivity contribution is -0.679. The molecule has 1 aliphatic heterocycles. The number of nitrogens with zero attached hydrogens (tertiary/aromatic N) is 3. The Morgan fingerprint density at radius 3 is 2.16 bits per heavy atom. The van der Waals surface area contributed by atoms with Crippen LogP contribution in [0.5, 0.6) is 0 Å². The van der Waals surface area contributed by atoms with Gasteiger partial charge in [0.1, 0.15) is 16.1 Å². The van der Waals surface area contributed by atoms with Gasteiger partial charge in [-0.1, -0.05) is 90.2 Å². The van der Waals surface area contributed by atoms with Gasteiger partial charge in [0.25, 0.3) is 10.6 Å². The number of allylic oxidation sites excluding steroid dienone is 4. The van der Waals surface area contributed by atoms with Gasteiger partial charge in [-0.3, -0.25) is 13.5 Å². The molecule has 0 fully saturated rings. The van der Waals surface area contributed by atoms with E-state index in [0.29, 0.717) is 11.1 Å². The minimum absolute atomic E-state index is 0.00225. The molecular formula is C39H39N3O5S3. The molecule has 2 aromatic heterocycles. The second-order valence-corrected chi connectivity index (χ2v) is 14.1. The van der Waals surface area contributed by atoms with E-state index in [1.165, 1.54) is 51.2 Å². The molecule has 258 valence electrons. The van der Waals surface area contributed by atoms with Crippen molar-refractivity contribution in [3.8, 4) is 21.7 Å². The summed E-state index contributed by atoms with van der Waals surface area (Å²) in [5.41, 5.74) is 7.00. The second kappa shape index (κ2) is 16.8. The van der Waals surface area contributed by atoms with Crippen LogP contribution in [0.25, 0.3) is 39.4 Å². The van der Waals surface area contributed by atoms with Gasteiger partial charge in [-0.05, 0) is 62.3 Å². The Labute approximate surface area is 301 Å². The fraction of sp³-hybridized carbons (Fsp3) is 0.179. The Morgan fingerprint density at radius 2 is 1.56 bits per heavy atom. The molecule has 6 rings (SSSR count). The molecule has 3 aromatic carbocycles. The van der Waals surface area contributed by atoms with Gasteiger partial charge in [-0.15, -0.1) is 17.9 Å². The summed E-state index contributed by atoms with van der Waals surface area (Å²) in [5, 5.41) is 1.10. The number of rotatable bonds is 10. The summed E-state index contributed by atoms with van der Waals surface area (Å²) in [4.78, 5) is 17.1. The van der Waals surface area contributed by atoms with E-state index in [4.69, 9.17) is 0 Å². The molecule has 50 heavy (non-hydrogen) atoms. The van der Waals surface area contributed by atoms with Crippen LogP contribution >= 0.6 is 22.7 Å². The van der Waals surface area contributed by atoms with Crippen molar-refractivity contribution in [1.82, 2.24) is 4.57 Å². The van der Waals surface area contributed by atoms with Crippen molar-refractivity contribution in [1.29, 1.82) is 0 Å². The summed E-state index contributed by atoms with van der Waals surface area (Å²) in [6, 6.07) is 29.5. The molecule has 0 unspecified atom stereocenters. The van der Waals surface area contributed by atoms with E-state index < -0.39 is 10.4 Å². The number of aromatic nitrogens is 2. The third kappa shape index (κ3) is 8.55. The molecule has 0 bridgehead atoms. The van der Waals surface area contributed by atoms with Gasteiger partial charge in [0.05, 0.1) is 17.2 Å². The first kappa shape index (κ1) is 36.6. The highest BCUT2D eigenvalue weighted by Crippen LogP contribution is 2.36. The maximum atomic E-state index is 13.7. The summed E-state index contributed by atoms with van der Waals surface area (Å²) in [6.07, 6.45) is 12.2. The molecule has 0 saturated heterocycles. The highest BCUT2D eigenvalue weighted by atomic mass is 32.3. The van der Waals surface area contributed by atoms with E-state index in [0.717, 1.165) is 28.3 Å². The van der Waals surface area contributed by atoms with E-state index in [1.54, 1.807) is 17.4 Å². The molecule has 5 aromatic rings. The molecule has 0 atom stereocenters. The number of benzene rings is 3. The van der Waals surface area contributed by atoms with Crippen molar-refractivity contribution in [2.45, 2.75) is 33.9 Å². The number of para-hydroxylation sites is 1. The molecule has 3 heterocycles. The fourth-order valence-corrected chi connectivity index (χ4v) is 8.28. The standard InChI is InChI=1S/C37H34N3OS2.C2H6O4S/c1-4-24-40-34(42-32(37(40)41)22-21-27-23-25-38(5-2)31-20-14-13-19-30(27)31)26-33-39(6-3)35(28-15-9-7-10-16-28)36(43-33)29-17-11-8-12-18-29;1-2-6-7(3,4)5/h4,7-23,25-26H,1,5-6,24H2,2-3H3;2H2,1H3,(H,3,4,5)/q+1;/p-1/b27-21+,32-22+;. The van der Waals surface area contributed by atoms with Gasteiger partial charge in [0.15, 0.2) is 0 Å². The van der Waals surface area contributed by atoms with Crippen molar-refractivity contribution in [2.24, 2.45) is 0 Å². The van der Waals surface area contributed by atoms with Gasteiger partial charge < -0.3 is 9.45 Å². The number of anilines is 1. The molecule has 8 nitrogen and oxygen atoms in total. The summed E-state index contributed by atoms with van der Waals surface area (Å²) in [5.74, 6) is 0. The Kier molecular flexibility index (Phi) is 12.3. The Morgan fingerprint density at radius 1 is 0.900 bits per heavy atom. The van der Waals surface area contributed by atoms with Crippen LogP contribution in [0.1, 0.15) is 31.3 Å². The van der Waals surface area contributed by atoms with Crippen LogP contribution in [-0.4, -0.2) is 30.7 Å². The summed E-state index contributed by atoms with van der Waals surface area (Å²) in [6.45, 7) is 11.8. The summed E-state index contributed by atoms with van der Waals surface area (Å²) >= 11 is 3.29. The van der Waals surface area contributed by atoms with Gasteiger partial charge in [0, 0.05) is 36.1 Å². The number of fused-ring (bicyclic) bond motifs is 1. The molecule has 0 N–H and O–H groups in total. The van der Waals surface area contributed by atoms with Crippen LogP contribution < -0.4 is 24.2 Å². The summed E-state index contributed by atoms with van der Waals surface area (Å²) in [7, 11) is -4.42. The molecular weight excluding hydrogens is 687 g/mol. The topological polar surface area (TPSA) is 95.6 Å². The van der Waals surface area contributed by atoms with E-state index in [-0.39, 0.29) is 12.2 Å². The lowest BCUT2D eigenvalue weighted by Gasteiger charge is -2.26. The van der Waals surface area contributed by atoms with Crippen molar-refractivity contribution in [2.75, 3.05) is 18.1 Å². The summed E-state index contributed by atoms with van der Waals surface area (Å²) < 4.78 is 37.8. The Balaban J connectivity index is 0.000000630. The smallest absolute Gasteiger partial charge is 0.269 e. The van der Waals surface area contributed by atoms with Crippen LogP contribution in [0.2, 0.25) is 0 Å². The first-order chi connectivity index (χ1) is 24.2. The molecule has 0 aliphatic carbocycles. The van der Waals surface area contributed by atoms with E-state index in [1.807, 2.05) is 10.6 Å². The Bertz CT molecular complexity index is 2300. The first-order valence-electron chi connectivity index (χ1n) is 16.2. The molecule has 0 spiro atoms. The average Bonchev–Trinajstić information content (AvgIpc) is 3.64. The molecule has 11 heteroatoms. The maximum Gasteiger partial charge on any atom is 0.269 e. The van der Waals surface area contributed by atoms with E-state index >= 15 is 0 Å².